The average molecular weight is 397 g/mol. The smallest absolute Gasteiger partial charge is 0.416 e. The molecule has 0 saturated carbocycles. The van der Waals surface area contributed by atoms with E-state index >= 15 is 0 Å². The summed E-state index contributed by atoms with van der Waals surface area (Å²) in [5.41, 5.74) is 0.572. The van der Waals surface area contributed by atoms with E-state index in [0.717, 1.165) is 17.7 Å². The third kappa shape index (κ3) is 6.77. The standard InChI is InChI=1S/C20H22F3NO4/c1-14(25)27-12-15-5-3-4-6-19(15)28-13-18(26-2)11-24-17-9-7-16(8-10-17)20(21,22)23/h3-10,18,24H,11-13H2,1-2H3. The number of anilines is 1. The van der Waals surface area contributed by atoms with Crippen molar-refractivity contribution >= 4 is 11.7 Å². The maximum absolute atomic E-state index is 12.6. The van der Waals surface area contributed by atoms with E-state index in [2.05, 4.69) is 5.32 Å². The van der Waals surface area contributed by atoms with Crippen molar-refractivity contribution in [2.45, 2.75) is 25.8 Å². The highest BCUT2D eigenvalue weighted by atomic mass is 19.4. The minimum absolute atomic E-state index is 0.104. The van der Waals surface area contributed by atoms with Crippen LogP contribution in [0.3, 0.4) is 0 Å². The molecule has 1 atom stereocenters. The Labute approximate surface area is 161 Å². The zero-order chi connectivity index (χ0) is 20.6. The maximum atomic E-state index is 12.6. The summed E-state index contributed by atoms with van der Waals surface area (Å²) < 4.78 is 53.9. The highest BCUT2D eigenvalue weighted by Crippen LogP contribution is 2.29. The van der Waals surface area contributed by atoms with Crippen molar-refractivity contribution in [3.63, 3.8) is 0 Å². The molecule has 1 N–H and O–H groups in total. The monoisotopic (exact) mass is 397 g/mol. The summed E-state index contributed by atoms with van der Waals surface area (Å²) in [5, 5.41) is 3.02. The Balaban J connectivity index is 1.89. The third-order valence-electron chi connectivity index (χ3n) is 3.91. The molecular weight excluding hydrogens is 375 g/mol. The van der Waals surface area contributed by atoms with Gasteiger partial charge in [-0.2, -0.15) is 13.2 Å². The number of hydrogen-bond acceptors (Lipinski definition) is 5. The van der Waals surface area contributed by atoms with Crippen LogP contribution in [-0.4, -0.2) is 32.3 Å². The van der Waals surface area contributed by atoms with E-state index in [4.69, 9.17) is 14.2 Å². The Kier molecular flexibility index (Phi) is 7.69. The number of ether oxygens (including phenoxy) is 3. The molecule has 152 valence electrons. The molecule has 0 saturated heterocycles. The summed E-state index contributed by atoms with van der Waals surface area (Å²) in [5.74, 6) is 0.186. The molecule has 2 rings (SSSR count). The molecule has 0 fully saturated rings. The Morgan fingerprint density at radius 1 is 1.11 bits per heavy atom. The second kappa shape index (κ2) is 9.98. The molecule has 0 radical (unpaired) electrons. The number of hydrogen-bond donors (Lipinski definition) is 1. The lowest BCUT2D eigenvalue weighted by molar-refractivity contribution is -0.142. The summed E-state index contributed by atoms with van der Waals surface area (Å²) in [6, 6.07) is 11.9. The third-order valence-corrected chi connectivity index (χ3v) is 3.91. The number of alkyl halides is 3. The van der Waals surface area contributed by atoms with Crippen molar-refractivity contribution in [3.8, 4) is 5.75 Å². The molecule has 0 aliphatic rings. The van der Waals surface area contributed by atoms with E-state index in [1.807, 2.05) is 6.07 Å². The van der Waals surface area contributed by atoms with Gasteiger partial charge >= 0.3 is 12.1 Å². The van der Waals surface area contributed by atoms with Crippen molar-refractivity contribution in [2.24, 2.45) is 0 Å². The van der Waals surface area contributed by atoms with E-state index in [-0.39, 0.29) is 25.3 Å². The summed E-state index contributed by atoms with van der Waals surface area (Å²) >= 11 is 0. The molecule has 8 heteroatoms. The molecule has 0 heterocycles. The molecule has 2 aromatic rings. The summed E-state index contributed by atoms with van der Waals surface area (Å²) in [6.07, 6.45) is -4.70. The maximum Gasteiger partial charge on any atom is 0.416 e. The van der Waals surface area contributed by atoms with Crippen LogP contribution < -0.4 is 10.1 Å². The topological polar surface area (TPSA) is 56.8 Å². The predicted octanol–water partition coefficient (Wildman–Crippen LogP) is 4.27. The van der Waals surface area contributed by atoms with E-state index in [9.17, 15) is 18.0 Å². The van der Waals surface area contributed by atoms with Gasteiger partial charge < -0.3 is 19.5 Å². The van der Waals surface area contributed by atoms with Gasteiger partial charge in [0.15, 0.2) is 0 Å². The van der Waals surface area contributed by atoms with Gasteiger partial charge in [-0.25, -0.2) is 0 Å². The Bertz CT molecular complexity index is 763. The first-order valence-electron chi connectivity index (χ1n) is 8.57. The van der Waals surface area contributed by atoms with Gasteiger partial charge in [-0.05, 0) is 30.3 Å². The average Bonchev–Trinajstić information content (AvgIpc) is 2.66. The van der Waals surface area contributed by atoms with Gasteiger partial charge in [0.2, 0.25) is 0 Å². The van der Waals surface area contributed by atoms with Crippen molar-refractivity contribution in [2.75, 3.05) is 25.6 Å². The molecule has 0 bridgehead atoms. The van der Waals surface area contributed by atoms with Gasteiger partial charge in [-0.15, -0.1) is 0 Å². The van der Waals surface area contributed by atoms with Gasteiger partial charge in [0.1, 0.15) is 25.1 Å². The van der Waals surface area contributed by atoms with Gasteiger partial charge in [0.25, 0.3) is 0 Å². The number of methoxy groups -OCH3 is 1. The lowest BCUT2D eigenvalue weighted by Gasteiger charge is -2.19. The number of rotatable bonds is 9. The van der Waals surface area contributed by atoms with E-state index in [0.29, 0.717) is 18.0 Å². The molecule has 1 unspecified atom stereocenters. The first kappa shape index (κ1) is 21.6. The fourth-order valence-corrected chi connectivity index (χ4v) is 2.35. The van der Waals surface area contributed by atoms with Crippen LogP contribution in [0.2, 0.25) is 0 Å². The SMILES string of the molecule is COC(CNc1ccc(C(F)(F)F)cc1)COc1ccccc1COC(C)=O. The minimum atomic E-state index is -4.36. The normalized spacial score (nSPS) is 12.3. The molecule has 0 amide bonds. The summed E-state index contributed by atoms with van der Waals surface area (Å²) in [7, 11) is 1.52. The van der Waals surface area contributed by atoms with Crippen LogP contribution in [0.15, 0.2) is 48.5 Å². The first-order valence-corrected chi connectivity index (χ1v) is 8.57. The molecule has 2 aromatic carbocycles. The van der Waals surface area contributed by atoms with Gasteiger partial charge in [-0.3, -0.25) is 4.79 Å². The van der Waals surface area contributed by atoms with Crippen LogP contribution in [0, 0.1) is 0 Å². The van der Waals surface area contributed by atoms with Crippen molar-refractivity contribution < 1.29 is 32.2 Å². The molecule has 0 aliphatic heterocycles. The molecule has 28 heavy (non-hydrogen) atoms. The van der Waals surface area contributed by atoms with Crippen LogP contribution in [-0.2, 0) is 27.1 Å². The number of carbonyl (C=O) groups excluding carboxylic acids is 1. The summed E-state index contributed by atoms with van der Waals surface area (Å²) in [4.78, 5) is 11.0. The largest absolute Gasteiger partial charge is 0.490 e. The van der Waals surface area contributed by atoms with Crippen molar-refractivity contribution in [3.05, 3.63) is 59.7 Å². The number of para-hydroxylation sites is 1. The van der Waals surface area contributed by atoms with Crippen LogP contribution in [0.1, 0.15) is 18.1 Å². The second-order valence-electron chi connectivity index (χ2n) is 6.01. The highest BCUT2D eigenvalue weighted by Gasteiger charge is 2.29. The molecule has 5 nitrogen and oxygen atoms in total. The van der Waals surface area contributed by atoms with Gasteiger partial charge in [0, 0.05) is 31.8 Å². The zero-order valence-corrected chi connectivity index (χ0v) is 15.6. The van der Waals surface area contributed by atoms with E-state index in [1.54, 1.807) is 18.2 Å². The number of esters is 1. The number of carbonyl (C=O) groups is 1. The van der Waals surface area contributed by atoms with Crippen molar-refractivity contribution in [1.82, 2.24) is 0 Å². The quantitative estimate of drug-likeness (QED) is 0.641. The number of nitrogens with one attached hydrogen (secondary N) is 1. The molecule has 0 spiro atoms. The van der Waals surface area contributed by atoms with Gasteiger partial charge in [-0.1, -0.05) is 18.2 Å². The Morgan fingerprint density at radius 2 is 1.79 bits per heavy atom. The van der Waals surface area contributed by atoms with E-state index < -0.39 is 11.7 Å². The Hall–Kier alpha value is -2.74. The lowest BCUT2D eigenvalue weighted by Crippen LogP contribution is -2.28. The van der Waals surface area contributed by atoms with Gasteiger partial charge in [0.05, 0.1) is 5.56 Å². The Morgan fingerprint density at radius 3 is 2.39 bits per heavy atom. The highest BCUT2D eigenvalue weighted by molar-refractivity contribution is 5.66. The fourth-order valence-electron chi connectivity index (χ4n) is 2.35. The summed E-state index contributed by atoms with van der Waals surface area (Å²) in [6.45, 7) is 1.99. The predicted molar refractivity (Wildman–Crippen MR) is 98.1 cm³/mol. The zero-order valence-electron chi connectivity index (χ0n) is 15.6. The minimum Gasteiger partial charge on any atom is -0.490 e. The molecule has 0 aromatic heterocycles. The van der Waals surface area contributed by atoms with Crippen molar-refractivity contribution in [1.29, 1.82) is 0 Å². The lowest BCUT2D eigenvalue weighted by atomic mass is 10.2. The molecular formula is C20H22F3NO4. The van der Waals surface area contributed by atoms with E-state index in [1.165, 1.54) is 26.2 Å². The van der Waals surface area contributed by atoms with Crippen LogP contribution in [0.4, 0.5) is 18.9 Å². The molecule has 0 aliphatic carbocycles. The number of benzene rings is 2. The van der Waals surface area contributed by atoms with Crippen LogP contribution in [0.5, 0.6) is 5.75 Å². The number of halogens is 3. The second-order valence-corrected chi connectivity index (χ2v) is 6.01. The van der Waals surface area contributed by atoms with Crippen LogP contribution >= 0.6 is 0 Å². The fraction of sp³-hybridized carbons (Fsp3) is 0.350. The first-order chi connectivity index (χ1) is 13.3. The van der Waals surface area contributed by atoms with Crippen LogP contribution in [0.25, 0.3) is 0 Å².